The summed E-state index contributed by atoms with van der Waals surface area (Å²) in [5, 5.41) is 0. The van der Waals surface area contributed by atoms with Crippen molar-refractivity contribution in [1.29, 1.82) is 0 Å². The molecule has 3 heterocycles. The van der Waals surface area contributed by atoms with Crippen molar-refractivity contribution in [3.8, 4) is 22.3 Å². The SMILES string of the molecule is c1ccc2c(c1)Cc1cc3c(cc1-2)Cc1cc2c(cc1-3)N1c3cccnc3Cc3cccc(c31)C2. The van der Waals surface area contributed by atoms with Crippen molar-refractivity contribution in [3.63, 3.8) is 0 Å². The van der Waals surface area contributed by atoms with Gasteiger partial charge in [0.1, 0.15) is 0 Å². The van der Waals surface area contributed by atoms with E-state index in [9.17, 15) is 0 Å². The Hall–Kier alpha value is -4.17. The predicted octanol–water partition coefficient (Wildman–Crippen LogP) is 7.50. The van der Waals surface area contributed by atoms with Crippen molar-refractivity contribution >= 4 is 17.1 Å². The molecule has 0 unspecified atom stereocenters. The lowest BCUT2D eigenvalue weighted by Crippen LogP contribution is -2.25. The fraction of sp³-hybridized carbons (Fsp3) is 0.121. The minimum Gasteiger partial charge on any atom is -0.308 e. The summed E-state index contributed by atoms with van der Waals surface area (Å²) in [6.45, 7) is 0. The molecule has 2 heteroatoms. The van der Waals surface area contributed by atoms with Crippen LogP contribution in [0.25, 0.3) is 22.3 Å². The van der Waals surface area contributed by atoms with E-state index in [0.717, 1.165) is 25.7 Å². The van der Waals surface area contributed by atoms with E-state index in [1.165, 1.54) is 84.0 Å². The molecule has 164 valence electrons. The standard InChI is InChI=1S/C33H22N2/c1-2-8-26-19(5-1)11-23-16-28-24(15-27(23)26)13-22-14-25-12-20-6-3-7-21-17-30-31(9-4-10-34-30)35(33(20)21)32(25)18-29(22)28/h1-10,14-16,18H,11-13,17H2. The van der Waals surface area contributed by atoms with Gasteiger partial charge in [0.25, 0.3) is 0 Å². The average Bonchev–Trinajstić information content (AvgIpc) is 3.42. The van der Waals surface area contributed by atoms with Crippen LogP contribution in [-0.2, 0) is 25.7 Å². The summed E-state index contributed by atoms with van der Waals surface area (Å²) >= 11 is 0. The third kappa shape index (κ3) is 2.32. The van der Waals surface area contributed by atoms with E-state index in [0.29, 0.717) is 0 Å². The van der Waals surface area contributed by atoms with Gasteiger partial charge in [0, 0.05) is 19.0 Å². The highest BCUT2D eigenvalue weighted by atomic mass is 15.2. The summed E-state index contributed by atoms with van der Waals surface area (Å²) in [7, 11) is 0. The fourth-order valence-electron chi connectivity index (χ4n) is 7.00. The van der Waals surface area contributed by atoms with Crippen molar-refractivity contribution in [2.24, 2.45) is 0 Å². The largest absolute Gasteiger partial charge is 0.308 e. The van der Waals surface area contributed by atoms with Gasteiger partial charge in [0.15, 0.2) is 0 Å². The normalized spacial score (nSPS) is 14.9. The average molecular weight is 447 g/mol. The van der Waals surface area contributed by atoms with Crippen molar-refractivity contribution in [2.75, 3.05) is 4.90 Å². The van der Waals surface area contributed by atoms with Gasteiger partial charge in [-0.25, -0.2) is 0 Å². The van der Waals surface area contributed by atoms with Crippen LogP contribution in [0.3, 0.4) is 0 Å². The second kappa shape index (κ2) is 6.28. The molecule has 0 spiro atoms. The maximum atomic E-state index is 4.77. The Bertz CT molecular complexity index is 1760. The molecule has 0 fully saturated rings. The van der Waals surface area contributed by atoms with E-state index >= 15 is 0 Å². The van der Waals surface area contributed by atoms with Gasteiger partial charge in [0.2, 0.25) is 0 Å². The first-order chi connectivity index (χ1) is 17.3. The van der Waals surface area contributed by atoms with Gasteiger partial charge in [-0.1, -0.05) is 48.5 Å². The first kappa shape index (κ1) is 18.2. The third-order valence-corrected chi connectivity index (χ3v) is 8.51. The zero-order chi connectivity index (χ0) is 22.7. The number of aromatic nitrogens is 1. The van der Waals surface area contributed by atoms with Crippen LogP contribution in [0.4, 0.5) is 17.1 Å². The molecule has 2 aliphatic heterocycles. The summed E-state index contributed by atoms with van der Waals surface area (Å²) < 4.78 is 0. The van der Waals surface area contributed by atoms with Crippen molar-refractivity contribution in [3.05, 3.63) is 130 Å². The molecule has 5 aromatic rings. The molecule has 4 aliphatic rings. The Morgan fingerprint density at radius 1 is 0.486 bits per heavy atom. The molecule has 1 aromatic heterocycles. The van der Waals surface area contributed by atoms with Gasteiger partial charge in [-0.3, -0.25) is 4.98 Å². The smallest absolute Gasteiger partial charge is 0.0688 e. The first-order valence-electron chi connectivity index (χ1n) is 12.6. The lowest BCUT2D eigenvalue weighted by molar-refractivity contribution is 0.970. The quantitative estimate of drug-likeness (QED) is 0.240. The lowest BCUT2D eigenvalue weighted by atomic mass is 9.86. The van der Waals surface area contributed by atoms with Crippen LogP contribution < -0.4 is 4.90 Å². The van der Waals surface area contributed by atoms with Crippen LogP contribution in [0.2, 0.25) is 0 Å². The molecular formula is C33H22N2. The van der Waals surface area contributed by atoms with Crippen molar-refractivity contribution in [2.45, 2.75) is 25.7 Å². The Balaban J connectivity index is 1.25. The van der Waals surface area contributed by atoms with Gasteiger partial charge in [0.05, 0.1) is 22.8 Å². The highest BCUT2D eigenvalue weighted by Crippen LogP contribution is 2.53. The summed E-state index contributed by atoms with van der Waals surface area (Å²) in [5.74, 6) is 0. The highest BCUT2D eigenvalue weighted by Gasteiger charge is 2.34. The molecule has 9 rings (SSSR count). The van der Waals surface area contributed by atoms with E-state index in [1.54, 1.807) is 0 Å². The van der Waals surface area contributed by atoms with Crippen LogP contribution in [0.15, 0.2) is 85.1 Å². The van der Waals surface area contributed by atoms with Gasteiger partial charge in [-0.15, -0.1) is 0 Å². The molecule has 0 saturated carbocycles. The number of nitrogens with zero attached hydrogens (tertiary/aromatic N) is 2. The maximum absolute atomic E-state index is 4.77. The summed E-state index contributed by atoms with van der Waals surface area (Å²) in [6, 6.07) is 29.9. The number of anilines is 3. The minimum atomic E-state index is 0.908. The topological polar surface area (TPSA) is 16.1 Å². The Morgan fingerprint density at radius 2 is 1.17 bits per heavy atom. The molecule has 0 bridgehead atoms. The van der Waals surface area contributed by atoms with E-state index in [4.69, 9.17) is 4.98 Å². The van der Waals surface area contributed by atoms with Crippen molar-refractivity contribution < 1.29 is 0 Å². The molecule has 35 heavy (non-hydrogen) atoms. The number of hydrogen-bond acceptors (Lipinski definition) is 2. The van der Waals surface area contributed by atoms with E-state index in [1.807, 2.05) is 6.20 Å². The molecule has 2 aliphatic carbocycles. The fourth-order valence-corrected chi connectivity index (χ4v) is 7.00. The molecule has 4 aromatic carbocycles. The maximum Gasteiger partial charge on any atom is 0.0688 e. The summed E-state index contributed by atoms with van der Waals surface area (Å²) in [5.41, 5.74) is 20.9. The van der Waals surface area contributed by atoms with E-state index in [2.05, 4.69) is 83.8 Å². The molecule has 0 radical (unpaired) electrons. The van der Waals surface area contributed by atoms with E-state index in [-0.39, 0.29) is 0 Å². The van der Waals surface area contributed by atoms with Crippen LogP contribution in [0.5, 0.6) is 0 Å². The minimum absolute atomic E-state index is 0.908. The molecular weight excluding hydrogens is 424 g/mol. The number of hydrogen-bond donors (Lipinski definition) is 0. The molecule has 0 saturated heterocycles. The van der Waals surface area contributed by atoms with Gasteiger partial charge >= 0.3 is 0 Å². The molecule has 0 atom stereocenters. The molecule has 0 amide bonds. The number of pyridine rings is 1. The third-order valence-electron chi connectivity index (χ3n) is 8.51. The van der Waals surface area contributed by atoms with Crippen molar-refractivity contribution in [1.82, 2.24) is 4.98 Å². The first-order valence-corrected chi connectivity index (χ1v) is 12.6. The zero-order valence-electron chi connectivity index (χ0n) is 19.3. The molecule has 0 N–H and O–H groups in total. The number of para-hydroxylation sites is 1. The van der Waals surface area contributed by atoms with Gasteiger partial charge in [-0.05, 0) is 104 Å². The molecule has 2 nitrogen and oxygen atoms in total. The highest BCUT2D eigenvalue weighted by molar-refractivity contribution is 5.93. The summed E-state index contributed by atoms with van der Waals surface area (Å²) in [6.07, 6.45) is 5.90. The Labute approximate surface area is 204 Å². The zero-order valence-corrected chi connectivity index (χ0v) is 19.3. The van der Waals surface area contributed by atoms with Crippen LogP contribution in [-0.4, -0.2) is 4.98 Å². The number of rotatable bonds is 0. The van der Waals surface area contributed by atoms with Crippen LogP contribution in [0.1, 0.15) is 44.6 Å². The van der Waals surface area contributed by atoms with Gasteiger partial charge < -0.3 is 4.90 Å². The monoisotopic (exact) mass is 446 g/mol. The predicted molar refractivity (Wildman–Crippen MR) is 141 cm³/mol. The van der Waals surface area contributed by atoms with Gasteiger partial charge in [-0.2, -0.15) is 0 Å². The van der Waals surface area contributed by atoms with Crippen LogP contribution >= 0.6 is 0 Å². The number of fused-ring (bicyclic) bond motifs is 10. The number of benzene rings is 4. The Kier molecular flexibility index (Phi) is 3.27. The van der Waals surface area contributed by atoms with E-state index < -0.39 is 0 Å². The second-order valence-electron chi connectivity index (χ2n) is 10.4. The lowest BCUT2D eigenvalue weighted by Gasteiger charge is -2.39. The van der Waals surface area contributed by atoms with Crippen LogP contribution in [0, 0.1) is 0 Å². The Morgan fingerprint density at radius 3 is 2.09 bits per heavy atom. The summed E-state index contributed by atoms with van der Waals surface area (Å²) in [4.78, 5) is 7.27. The second-order valence-corrected chi connectivity index (χ2v) is 10.4.